The number of morpholine rings is 1. The van der Waals surface area contributed by atoms with Crippen molar-refractivity contribution in [3.8, 4) is 0 Å². The normalized spacial score (nSPS) is 18.4. The van der Waals surface area contributed by atoms with Gasteiger partial charge in [0.15, 0.2) is 0 Å². The minimum Gasteiger partial charge on any atom is -0.376 e. The van der Waals surface area contributed by atoms with E-state index in [0.29, 0.717) is 49.8 Å². The van der Waals surface area contributed by atoms with Crippen molar-refractivity contribution in [3.05, 3.63) is 34.6 Å². The number of halogens is 4. The molecule has 9 heteroatoms. The van der Waals surface area contributed by atoms with Gasteiger partial charge in [0.2, 0.25) is 5.91 Å². The number of carbonyl (C=O) groups excluding carboxylic acids is 1. The minimum absolute atomic E-state index is 0. The second kappa shape index (κ2) is 12.7. The van der Waals surface area contributed by atoms with Gasteiger partial charge in [-0.15, -0.1) is 24.8 Å². The van der Waals surface area contributed by atoms with Crippen LogP contribution in [0.15, 0.2) is 18.2 Å². The molecule has 0 aliphatic carbocycles. The van der Waals surface area contributed by atoms with Gasteiger partial charge in [0, 0.05) is 43.2 Å². The summed E-state index contributed by atoms with van der Waals surface area (Å²) >= 11 is 6.26. The van der Waals surface area contributed by atoms with Crippen LogP contribution in [0.4, 0.5) is 4.39 Å². The van der Waals surface area contributed by atoms with Crippen molar-refractivity contribution < 1.29 is 13.9 Å². The maximum absolute atomic E-state index is 14.4. The number of hydrogen-bond acceptors (Lipinski definition) is 4. The topological polar surface area (TPSA) is 53.6 Å². The molecule has 150 valence electrons. The smallest absolute Gasteiger partial charge is 0.221 e. The number of carbonyl (C=O) groups is 1. The molecule has 2 atom stereocenters. The van der Waals surface area contributed by atoms with Gasteiger partial charge in [-0.25, -0.2) is 4.39 Å². The molecule has 1 fully saturated rings. The molecule has 2 rings (SSSR count). The molecule has 0 saturated carbocycles. The van der Waals surface area contributed by atoms with Crippen molar-refractivity contribution in [2.45, 2.75) is 25.5 Å². The molecule has 1 aromatic rings. The summed E-state index contributed by atoms with van der Waals surface area (Å²) in [5.41, 5.74) is 0.433. The first-order valence-electron chi connectivity index (χ1n) is 8.23. The second-order valence-corrected chi connectivity index (χ2v) is 6.39. The van der Waals surface area contributed by atoms with E-state index in [9.17, 15) is 9.18 Å². The molecule has 0 aromatic heterocycles. The number of nitrogens with one attached hydrogen (secondary N) is 2. The predicted octanol–water partition coefficient (Wildman–Crippen LogP) is 2.81. The average Bonchev–Trinajstić information content (AvgIpc) is 2.55. The van der Waals surface area contributed by atoms with Crippen LogP contribution in [-0.2, 0) is 9.53 Å². The SMILES string of the molecule is CNCCC(=O)NCC(c1c(F)cccc1Cl)N1CCOC(C)C1.Cl.Cl. The highest BCUT2D eigenvalue weighted by molar-refractivity contribution is 6.31. The molecule has 1 aliphatic heterocycles. The van der Waals surface area contributed by atoms with E-state index in [1.54, 1.807) is 19.2 Å². The number of amides is 1. The summed E-state index contributed by atoms with van der Waals surface area (Å²) in [6.45, 7) is 4.82. The van der Waals surface area contributed by atoms with Crippen LogP contribution in [0.1, 0.15) is 24.9 Å². The van der Waals surface area contributed by atoms with Crippen LogP contribution in [-0.4, -0.2) is 56.7 Å². The third kappa shape index (κ3) is 7.18. The Bertz CT molecular complexity index is 546. The van der Waals surface area contributed by atoms with Gasteiger partial charge in [-0.05, 0) is 26.1 Å². The lowest BCUT2D eigenvalue weighted by molar-refractivity contribution is -0.121. The fraction of sp³-hybridized carbons (Fsp3) is 0.588. The third-order valence-corrected chi connectivity index (χ3v) is 4.47. The first-order chi connectivity index (χ1) is 11.5. The van der Waals surface area contributed by atoms with Gasteiger partial charge in [0.1, 0.15) is 5.82 Å². The molecule has 0 spiro atoms. The van der Waals surface area contributed by atoms with Crippen LogP contribution < -0.4 is 10.6 Å². The Morgan fingerprint density at radius 3 is 2.81 bits per heavy atom. The van der Waals surface area contributed by atoms with E-state index in [-0.39, 0.29) is 48.7 Å². The first kappa shape index (κ1) is 25.4. The zero-order valence-corrected chi connectivity index (χ0v) is 17.4. The third-order valence-electron chi connectivity index (χ3n) is 4.14. The van der Waals surface area contributed by atoms with Crippen molar-refractivity contribution in [2.75, 3.05) is 39.8 Å². The van der Waals surface area contributed by atoms with Gasteiger partial charge in [0.05, 0.1) is 18.8 Å². The van der Waals surface area contributed by atoms with Gasteiger partial charge < -0.3 is 15.4 Å². The number of nitrogens with zero attached hydrogens (tertiary/aromatic N) is 1. The lowest BCUT2D eigenvalue weighted by atomic mass is 10.0. The molecular weight excluding hydrogens is 404 g/mol. The van der Waals surface area contributed by atoms with Crippen LogP contribution in [0.3, 0.4) is 0 Å². The van der Waals surface area contributed by atoms with Crippen LogP contribution in [0.25, 0.3) is 0 Å². The highest BCUT2D eigenvalue weighted by Crippen LogP contribution is 2.31. The lowest BCUT2D eigenvalue weighted by Crippen LogP contribution is -2.47. The van der Waals surface area contributed by atoms with Crippen molar-refractivity contribution in [1.82, 2.24) is 15.5 Å². The van der Waals surface area contributed by atoms with E-state index in [4.69, 9.17) is 16.3 Å². The highest BCUT2D eigenvalue weighted by atomic mass is 35.5. The fourth-order valence-electron chi connectivity index (χ4n) is 2.91. The number of ether oxygens (including phenoxy) is 1. The van der Waals surface area contributed by atoms with Gasteiger partial charge >= 0.3 is 0 Å². The minimum atomic E-state index is -0.351. The van der Waals surface area contributed by atoms with Crippen molar-refractivity contribution >= 4 is 42.3 Å². The molecule has 1 aromatic carbocycles. The molecule has 2 unspecified atom stereocenters. The molecular formula is C17H27Cl3FN3O2. The highest BCUT2D eigenvalue weighted by Gasteiger charge is 2.29. The molecule has 5 nitrogen and oxygen atoms in total. The number of rotatable bonds is 7. The molecule has 2 N–H and O–H groups in total. The molecule has 1 heterocycles. The zero-order valence-electron chi connectivity index (χ0n) is 15.0. The second-order valence-electron chi connectivity index (χ2n) is 5.99. The summed E-state index contributed by atoms with van der Waals surface area (Å²) in [5.74, 6) is -0.417. The Labute approximate surface area is 171 Å². The maximum Gasteiger partial charge on any atom is 0.221 e. The van der Waals surface area contributed by atoms with Crippen LogP contribution >= 0.6 is 36.4 Å². The van der Waals surface area contributed by atoms with E-state index < -0.39 is 0 Å². The number of benzene rings is 1. The summed E-state index contributed by atoms with van der Waals surface area (Å²) < 4.78 is 20.0. The van der Waals surface area contributed by atoms with Crippen LogP contribution in [0.5, 0.6) is 0 Å². The summed E-state index contributed by atoms with van der Waals surface area (Å²) in [6.07, 6.45) is 0.445. The van der Waals surface area contributed by atoms with E-state index in [1.165, 1.54) is 6.07 Å². The number of hydrogen-bond donors (Lipinski definition) is 2. The largest absolute Gasteiger partial charge is 0.376 e. The Hall–Kier alpha value is -0.630. The van der Waals surface area contributed by atoms with Crippen molar-refractivity contribution in [2.24, 2.45) is 0 Å². The summed E-state index contributed by atoms with van der Waals surface area (Å²) in [4.78, 5) is 14.1. The summed E-state index contributed by atoms with van der Waals surface area (Å²) in [6, 6.07) is 4.36. The van der Waals surface area contributed by atoms with Crippen molar-refractivity contribution in [3.63, 3.8) is 0 Å². The van der Waals surface area contributed by atoms with E-state index in [1.807, 2.05) is 6.92 Å². The van der Waals surface area contributed by atoms with E-state index in [2.05, 4.69) is 15.5 Å². The molecule has 1 saturated heterocycles. The predicted molar refractivity (Wildman–Crippen MR) is 107 cm³/mol. The van der Waals surface area contributed by atoms with Gasteiger partial charge in [0.25, 0.3) is 0 Å². The Morgan fingerprint density at radius 1 is 1.46 bits per heavy atom. The average molecular weight is 431 g/mol. The lowest BCUT2D eigenvalue weighted by Gasteiger charge is -2.38. The van der Waals surface area contributed by atoms with Gasteiger partial charge in [-0.3, -0.25) is 9.69 Å². The summed E-state index contributed by atoms with van der Waals surface area (Å²) in [5, 5.41) is 6.21. The van der Waals surface area contributed by atoms with Crippen LogP contribution in [0.2, 0.25) is 5.02 Å². The Kier molecular flexibility index (Phi) is 12.4. The quantitative estimate of drug-likeness (QED) is 0.698. The van der Waals surface area contributed by atoms with E-state index >= 15 is 0 Å². The monoisotopic (exact) mass is 429 g/mol. The fourth-order valence-corrected chi connectivity index (χ4v) is 3.20. The van der Waals surface area contributed by atoms with Gasteiger partial charge in [-0.1, -0.05) is 17.7 Å². The molecule has 26 heavy (non-hydrogen) atoms. The molecule has 1 aliphatic rings. The van der Waals surface area contributed by atoms with E-state index in [0.717, 1.165) is 0 Å². The standard InChI is InChI=1S/C17H25ClFN3O2.2ClH/c1-12-11-22(8-9-24-12)15(10-21-16(23)6-7-20-2)17-13(18)4-3-5-14(17)19;;/h3-5,12,15,20H,6-11H2,1-2H3,(H,21,23);2*1H. The zero-order chi connectivity index (χ0) is 17.5. The Balaban J connectivity index is 0.00000312. The van der Waals surface area contributed by atoms with Gasteiger partial charge in [-0.2, -0.15) is 0 Å². The van der Waals surface area contributed by atoms with Crippen molar-refractivity contribution in [1.29, 1.82) is 0 Å². The van der Waals surface area contributed by atoms with Crippen LogP contribution in [0, 0.1) is 5.82 Å². The first-order valence-corrected chi connectivity index (χ1v) is 8.61. The molecule has 0 radical (unpaired) electrons. The summed E-state index contributed by atoms with van der Waals surface area (Å²) in [7, 11) is 1.80. The molecule has 0 bridgehead atoms. The Morgan fingerprint density at radius 2 is 2.19 bits per heavy atom. The molecule has 1 amide bonds. The maximum atomic E-state index is 14.4.